The number of carbonyl (C=O) groups is 2. The number of ether oxygens (including phenoxy) is 5. The topological polar surface area (TPSA) is 141 Å². The minimum absolute atomic E-state index is 0. The average molecular weight is 1790 g/mol. The molecule has 5 atom stereocenters. The second-order valence-electron chi connectivity index (χ2n) is 43.4. The zero-order valence-electron chi connectivity index (χ0n) is 82.1. The van der Waals surface area contributed by atoms with E-state index in [4.69, 9.17) is 23.7 Å². The molecule has 0 spiro atoms. The van der Waals surface area contributed by atoms with Crippen LogP contribution in [0, 0.1) is 94.7 Å². The van der Waals surface area contributed by atoms with Crippen LogP contribution in [0.1, 0.15) is 447 Å². The van der Waals surface area contributed by atoms with Gasteiger partial charge in [0.15, 0.2) is 0 Å². The number of rotatable bonds is 19. The Kier molecular flexibility index (Phi) is 97.8. The lowest BCUT2D eigenvalue weighted by atomic mass is 9.84. The minimum atomic E-state index is -0.428. The SMILES string of the molecule is C.C.C.C.C.C.C.C.C.C.CC(C)C1CCN(C)CC1.CC(C)CC1CCCCC1.CC(C)CC1CCCCN1.CC(C)CC1CCCCN1.CC(C)CC1CCCNC1.CC(C)CC1CCN(C(=O)OC(C)(C)C)CC1.CC(C)CC1CCN(C)CC1.CC(C)CC1CCOCC1.CC(C)CC1CN(C(=O)OC(C)(C)C)CCO1.CC(C)CC1CNCCO1. The first-order valence-corrected chi connectivity index (χ1v) is 49.2. The van der Waals surface area contributed by atoms with Crippen LogP contribution in [0.2, 0.25) is 0 Å². The smallest absolute Gasteiger partial charge is 0.410 e. The van der Waals surface area contributed by atoms with Gasteiger partial charge in [-0.1, -0.05) is 258 Å². The molecule has 15 nitrogen and oxygen atoms in total. The van der Waals surface area contributed by atoms with Crippen LogP contribution in [0.15, 0.2) is 0 Å². The summed E-state index contributed by atoms with van der Waals surface area (Å²) < 4.78 is 27.2. The quantitative estimate of drug-likeness (QED) is 0.0976. The molecule has 766 valence electrons. The Balaban J connectivity index is -0.000000147. The van der Waals surface area contributed by atoms with Gasteiger partial charge in [0.1, 0.15) is 11.2 Å². The van der Waals surface area contributed by atoms with Gasteiger partial charge in [-0.05, 0) is 350 Å². The average Bonchev–Trinajstić information content (AvgIpc) is 0.894. The van der Waals surface area contributed by atoms with Crippen molar-refractivity contribution in [3.63, 3.8) is 0 Å². The summed E-state index contributed by atoms with van der Waals surface area (Å²) in [7, 11) is 4.45. The molecule has 1 aliphatic carbocycles. The molecule has 10 rings (SSSR count). The zero-order valence-corrected chi connectivity index (χ0v) is 82.1. The predicted molar refractivity (Wildman–Crippen MR) is 565 cm³/mol. The van der Waals surface area contributed by atoms with Gasteiger partial charge in [0.05, 0.1) is 32.0 Å². The summed E-state index contributed by atoms with van der Waals surface area (Å²) in [5.74, 6) is 14.1. The number of morpholine rings is 2. The molecule has 2 amide bonds. The molecule has 125 heavy (non-hydrogen) atoms. The van der Waals surface area contributed by atoms with Crippen LogP contribution in [0.4, 0.5) is 9.59 Å². The summed E-state index contributed by atoms with van der Waals surface area (Å²) in [5, 5.41) is 13.9. The fourth-order valence-electron chi connectivity index (χ4n) is 18.1. The van der Waals surface area contributed by atoms with E-state index < -0.39 is 5.60 Å². The molecule has 4 N–H and O–H groups in total. The summed E-state index contributed by atoms with van der Waals surface area (Å²) in [6, 6.07) is 1.66. The van der Waals surface area contributed by atoms with Gasteiger partial charge in [-0.2, -0.15) is 0 Å². The van der Waals surface area contributed by atoms with Gasteiger partial charge in [-0.3, -0.25) is 0 Å². The second-order valence-corrected chi connectivity index (χ2v) is 43.4. The zero-order chi connectivity index (χ0) is 86.3. The molecule has 9 aliphatic heterocycles. The first-order valence-electron chi connectivity index (χ1n) is 49.2. The van der Waals surface area contributed by atoms with E-state index in [9.17, 15) is 9.59 Å². The summed E-state index contributed by atoms with van der Waals surface area (Å²) in [4.78, 5) is 32.2. The highest BCUT2D eigenvalue weighted by Gasteiger charge is 2.31. The number of hydrogen-bond acceptors (Lipinski definition) is 13. The van der Waals surface area contributed by atoms with Crippen molar-refractivity contribution in [3.8, 4) is 0 Å². The molecule has 10 aliphatic rings. The van der Waals surface area contributed by atoms with Crippen LogP contribution < -0.4 is 21.3 Å². The second kappa shape index (κ2) is 85.1. The van der Waals surface area contributed by atoms with Crippen molar-refractivity contribution in [1.29, 1.82) is 0 Å². The van der Waals surface area contributed by atoms with Gasteiger partial charge >= 0.3 is 12.2 Å². The standard InChI is InChI=1S/C14H27NO2.C13H25NO3.C10H21N.C10H20.4C9H19N.C9H18O.C8H17NO.10CH4/c1-11(2)10-12-6-8-15(9-7-12)13(16)17-14(3,4)5;1-10(2)8-11-9-14(6-7-16-11)12(15)17-13(3,4)5;1-9(2)8-10-4-6-11(3)7-5-10;1-9(2)8-10-6-4-3-5-7-10;1-8(2)9-4-6-10(3)7-5-9;1-8(2)6-9-4-3-5-10-7-9;2*1-8(2)7-9-5-3-4-6-10-9;1-8(2)7-9-3-5-10-6-4-9;1-7(2)5-8-6-9-3-4-10-8;;;;;;;;;;/h11-12H,6-10H2,1-5H3;10-11H,6-9H2,1-5H3;9-10H,4-8H2,1-3H3;9-10H,3-8H2,1-2H3;8-9H,4-7H2,1-3H3;3*8-10H,3-7H2,1-2H3;8-9H,3-7H2,1-2H3;7-9H,3-6H2,1-2H3;10*1H4. The highest BCUT2D eigenvalue weighted by Crippen LogP contribution is 2.31. The number of piperidine rings is 6. The van der Waals surface area contributed by atoms with Gasteiger partial charge in [0.25, 0.3) is 0 Å². The molecule has 9 saturated heterocycles. The van der Waals surface area contributed by atoms with Crippen molar-refractivity contribution < 1.29 is 33.3 Å². The number of nitrogens with one attached hydrogen (secondary N) is 4. The maximum Gasteiger partial charge on any atom is 0.410 e. The summed E-state index contributed by atoms with van der Waals surface area (Å²) in [5.41, 5.74) is -0.811. The molecule has 0 aromatic carbocycles. The Bertz CT molecular complexity index is 2010. The lowest BCUT2D eigenvalue weighted by Gasteiger charge is -2.34. The van der Waals surface area contributed by atoms with Gasteiger partial charge in [-0.15, -0.1) is 0 Å². The van der Waals surface area contributed by atoms with Crippen LogP contribution >= 0.6 is 0 Å². The van der Waals surface area contributed by atoms with Gasteiger partial charge in [0, 0.05) is 58.0 Å². The van der Waals surface area contributed by atoms with E-state index in [1.807, 2.05) is 46.4 Å². The third-order valence-corrected chi connectivity index (χ3v) is 23.9. The number of amides is 2. The monoisotopic (exact) mass is 1790 g/mol. The van der Waals surface area contributed by atoms with Crippen molar-refractivity contribution >= 4 is 12.2 Å². The van der Waals surface area contributed by atoms with E-state index in [1.165, 1.54) is 226 Å². The van der Waals surface area contributed by atoms with E-state index in [2.05, 4.69) is 184 Å². The maximum absolute atomic E-state index is 11.9. The first-order chi connectivity index (χ1) is 54.2. The summed E-state index contributed by atoms with van der Waals surface area (Å²) >= 11 is 0. The first kappa shape index (κ1) is 144. The van der Waals surface area contributed by atoms with Crippen molar-refractivity contribution in [2.75, 3.05) is 132 Å². The Morgan fingerprint density at radius 1 is 0.320 bits per heavy atom. The van der Waals surface area contributed by atoms with Crippen molar-refractivity contribution in [1.82, 2.24) is 40.9 Å². The molecule has 0 aromatic rings. The number of hydrogen-bond donors (Lipinski definition) is 4. The molecular formula is C110H244N8O7. The van der Waals surface area contributed by atoms with Crippen molar-refractivity contribution in [3.05, 3.63) is 0 Å². The molecule has 10 fully saturated rings. The van der Waals surface area contributed by atoms with E-state index in [0.29, 0.717) is 31.7 Å². The van der Waals surface area contributed by atoms with E-state index in [1.54, 1.807) is 4.90 Å². The van der Waals surface area contributed by atoms with Gasteiger partial charge in [-0.25, -0.2) is 9.59 Å². The van der Waals surface area contributed by atoms with Crippen LogP contribution in [0.5, 0.6) is 0 Å². The highest BCUT2D eigenvalue weighted by molar-refractivity contribution is 5.68. The lowest BCUT2D eigenvalue weighted by Crippen LogP contribution is -2.47. The number of carbonyl (C=O) groups excluding carboxylic acids is 2. The Morgan fingerprint density at radius 3 is 1.01 bits per heavy atom. The van der Waals surface area contributed by atoms with E-state index >= 15 is 0 Å². The molecule has 15 heteroatoms. The Labute approximate surface area is 791 Å². The van der Waals surface area contributed by atoms with Gasteiger partial charge in [0.2, 0.25) is 0 Å². The van der Waals surface area contributed by atoms with Crippen molar-refractivity contribution in [2.45, 2.75) is 482 Å². The number of nitrogens with zero attached hydrogens (tertiary/aromatic N) is 4. The largest absolute Gasteiger partial charge is 0.444 e. The molecule has 0 bridgehead atoms. The molecule has 0 radical (unpaired) electrons. The highest BCUT2D eigenvalue weighted by atomic mass is 16.6. The maximum atomic E-state index is 11.9. The fraction of sp³-hybridized carbons (Fsp3) is 0.982. The molecule has 1 saturated carbocycles. The molecule has 9 heterocycles. The summed E-state index contributed by atoms with van der Waals surface area (Å²) in [6.45, 7) is 76.0. The van der Waals surface area contributed by atoms with E-state index in [0.717, 1.165) is 166 Å². The third kappa shape index (κ3) is 84.9. The molecule has 0 aromatic heterocycles. The van der Waals surface area contributed by atoms with Gasteiger partial charge < -0.3 is 64.6 Å². The molecular weight excluding hydrogens is 1550 g/mol. The Hall–Kier alpha value is -1.82. The Morgan fingerprint density at radius 2 is 0.656 bits per heavy atom. The van der Waals surface area contributed by atoms with Crippen LogP contribution in [0.3, 0.4) is 0 Å². The fourth-order valence-corrected chi connectivity index (χ4v) is 18.1. The predicted octanol–water partition coefficient (Wildman–Crippen LogP) is 30.5. The minimum Gasteiger partial charge on any atom is -0.444 e. The van der Waals surface area contributed by atoms with E-state index in [-0.39, 0.29) is 98.2 Å². The summed E-state index contributed by atoms with van der Waals surface area (Å²) in [6.07, 6.45) is 41.4. The number of likely N-dealkylation sites (tertiary alicyclic amines) is 3. The van der Waals surface area contributed by atoms with Crippen LogP contribution in [-0.2, 0) is 23.7 Å². The normalized spacial score (nSPS) is 21.7. The van der Waals surface area contributed by atoms with Crippen LogP contribution in [-0.4, -0.2) is 199 Å². The lowest BCUT2D eigenvalue weighted by molar-refractivity contribution is -0.0481. The van der Waals surface area contributed by atoms with Crippen LogP contribution in [0.25, 0.3) is 0 Å². The molecule has 5 unspecified atom stereocenters. The van der Waals surface area contributed by atoms with Crippen molar-refractivity contribution in [2.24, 2.45) is 94.7 Å². The third-order valence-electron chi connectivity index (χ3n) is 23.9.